The van der Waals surface area contributed by atoms with E-state index in [0.717, 1.165) is 23.5 Å². The number of nitrogens with one attached hydrogen (secondary N) is 1. The van der Waals surface area contributed by atoms with Crippen LogP contribution in [0.2, 0.25) is 15.1 Å². The number of ether oxygens (including phenoxy) is 1. The maximum atomic E-state index is 6.37. The number of anilines is 1. The highest BCUT2D eigenvalue weighted by Crippen LogP contribution is 2.42. The zero-order chi connectivity index (χ0) is 18.0. The van der Waals surface area contributed by atoms with Crippen LogP contribution in [0.25, 0.3) is 0 Å². The van der Waals surface area contributed by atoms with E-state index in [2.05, 4.69) is 10.2 Å². The second-order valence-electron chi connectivity index (χ2n) is 5.36. The van der Waals surface area contributed by atoms with Crippen molar-refractivity contribution in [1.82, 2.24) is 4.90 Å². The quantitative estimate of drug-likeness (QED) is 0.590. The molecule has 25 heavy (non-hydrogen) atoms. The summed E-state index contributed by atoms with van der Waals surface area (Å²) in [7, 11) is 1.58. The van der Waals surface area contributed by atoms with Gasteiger partial charge in [0.1, 0.15) is 11.1 Å². The van der Waals surface area contributed by atoms with Gasteiger partial charge in [-0.05, 0) is 42.5 Å². The summed E-state index contributed by atoms with van der Waals surface area (Å²) >= 11 is 26.0. The number of hydrogen-bond acceptors (Lipinski definition) is 3. The van der Waals surface area contributed by atoms with Gasteiger partial charge in [0.05, 0.1) is 12.1 Å². The number of methoxy groups -OCH3 is 1. The molecule has 1 heterocycles. The third-order valence-corrected chi connectivity index (χ3v) is 6.22. The van der Waals surface area contributed by atoms with Gasteiger partial charge in [0.15, 0.2) is 5.11 Å². The van der Waals surface area contributed by atoms with E-state index in [1.165, 1.54) is 0 Å². The number of nitrogens with zero attached hydrogens (tertiary/aromatic N) is 1. The normalized spacial score (nSPS) is 16.8. The molecule has 0 saturated carbocycles. The van der Waals surface area contributed by atoms with E-state index in [0.29, 0.717) is 25.9 Å². The van der Waals surface area contributed by atoms with E-state index in [1.807, 2.05) is 18.2 Å². The minimum atomic E-state index is 0.0542. The molecule has 2 aromatic rings. The predicted octanol–water partition coefficient (Wildman–Crippen LogP) is 6.10. The first-order chi connectivity index (χ1) is 12.0. The largest absolute Gasteiger partial charge is 0.495 e. The lowest BCUT2D eigenvalue weighted by atomic mass is 10.2. The van der Waals surface area contributed by atoms with E-state index < -0.39 is 0 Å². The van der Waals surface area contributed by atoms with Crippen LogP contribution in [-0.2, 0) is 0 Å². The lowest BCUT2D eigenvalue weighted by molar-refractivity contribution is 0.415. The summed E-state index contributed by atoms with van der Waals surface area (Å²) in [5.74, 6) is 1.59. The van der Waals surface area contributed by atoms with Crippen molar-refractivity contribution in [2.45, 2.75) is 5.37 Å². The summed E-state index contributed by atoms with van der Waals surface area (Å²) in [4.78, 5) is 2.12. The zero-order valence-corrected chi connectivity index (χ0v) is 17.2. The number of thioether (sulfide) groups is 1. The molecule has 1 N–H and O–H groups in total. The fourth-order valence-corrected chi connectivity index (χ4v) is 5.09. The van der Waals surface area contributed by atoms with Crippen LogP contribution >= 0.6 is 58.8 Å². The Hall–Kier alpha value is -0.850. The highest BCUT2D eigenvalue weighted by molar-refractivity contribution is 7.99. The molecule has 1 aliphatic rings. The van der Waals surface area contributed by atoms with Crippen LogP contribution in [-0.4, -0.2) is 29.4 Å². The van der Waals surface area contributed by atoms with Crippen molar-refractivity contribution >= 4 is 69.6 Å². The van der Waals surface area contributed by atoms with Crippen molar-refractivity contribution in [3.63, 3.8) is 0 Å². The van der Waals surface area contributed by atoms with Gasteiger partial charge in [-0.15, -0.1) is 11.8 Å². The summed E-state index contributed by atoms with van der Waals surface area (Å²) in [5, 5.41) is 5.72. The van der Waals surface area contributed by atoms with Crippen LogP contribution < -0.4 is 10.1 Å². The van der Waals surface area contributed by atoms with Crippen molar-refractivity contribution in [3.8, 4) is 5.75 Å². The van der Waals surface area contributed by atoms with Crippen molar-refractivity contribution in [3.05, 3.63) is 57.0 Å². The lowest BCUT2D eigenvalue weighted by Crippen LogP contribution is -2.34. The molecule has 0 aliphatic carbocycles. The minimum absolute atomic E-state index is 0.0542. The molecule has 0 unspecified atom stereocenters. The first-order valence-electron chi connectivity index (χ1n) is 7.47. The van der Waals surface area contributed by atoms with Crippen molar-refractivity contribution < 1.29 is 4.74 Å². The molecule has 132 valence electrons. The smallest absolute Gasteiger partial charge is 0.174 e. The molecule has 0 bridgehead atoms. The Morgan fingerprint density at radius 3 is 2.68 bits per heavy atom. The summed E-state index contributed by atoms with van der Waals surface area (Å²) in [6.07, 6.45) is 0. The SMILES string of the molecule is COc1ccc(NC(=S)N2CCS[C@@H]2c2ccc(Cl)cc2Cl)cc1Cl. The average molecular weight is 434 g/mol. The van der Waals surface area contributed by atoms with E-state index >= 15 is 0 Å². The number of halogens is 3. The Kier molecular flexibility index (Phi) is 6.23. The van der Waals surface area contributed by atoms with Gasteiger partial charge in [-0.3, -0.25) is 0 Å². The minimum Gasteiger partial charge on any atom is -0.495 e. The zero-order valence-electron chi connectivity index (χ0n) is 13.3. The average Bonchev–Trinajstić information content (AvgIpc) is 3.04. The summed E-state index contributed by atoms with van der Waals surface area (Å²) in [5.41, 5.74) is 1.82. The molecular weight excluding hydrogens is 419 g/mol. The van der Waals surface area contributed by atoms with Gasteiger partial charge in [-0.25, -0.2) is 0 Å². The van der Waals surface area contributed by atoms with Gasteiger partial charge in [0.25, 0.3) is 0 Å². The molecule has 1 aliphatic heterocycles. The van der Waals surface area contributed by atoms with Gasteiger partial charge >= 0.3 is 0 Å². The molecule has 1 fully saturated rings. The molecule has 8 heteroatoms. The predicted molar refractivity (Wildman–Crippen MR) is 113 cm³/mol. The molecule has 1 atom stereocenters. The second-order valence-corrected chi connectivity index (χ2v) is 8.19. The van der Waals surface area contributed by atoms with Crippen LogP contribution in [0, 0.1) is 0 Å². The van der Waals surface area contributed by atoms with Gasteiger partial charge < -0.3 is 15.0 Å². The maximum absolute atomic E-state index is 6.37. The maximum Gasteiger partial charge on any atom is 0.174 e. The van der Waals surface area contributed by atoms with Crippen LogP contribution in [0.3, 0.4) is 0 Å². The Labute approximate surface area is 171 Å². The topological polar surface area (TPSA) is 24.5 Å². The first-order valence-corrected chi connectivity index (χ1v) is 10.1. The molecule has 3 rings (SSSR count). The molecule has 1 saturated heterocycles. The molecule has 0 aromatic heterocycles. The van der Waals surface area contributed by atoms with Crippen molar-refractivity contribution in [2.75, 3.05) is 24.7 Å². The molecule has 0 radical (unpaired) electrons. The van der Waals surface area contributed by atoms with E-state index in [-0.39, 0.29) is 5.37 Å². The number of hydrogen-bond donors (Lipinski definition) is 1. The first kappa shape index (κ1) is 18.9. The van der Waals surface area contributed by atoms with Gasteiger partial charge in [0, 0.05) is 33.6 Å². The van der Waals surface area contributed by atoms with Crippen LogP contribution in [0.4, 0.5) is 5.69 Å². The van der Waals surface area contributed by atoms with E-state index in [9.17, 15) is 0 Å². The van der Waals surface area contributed by atoms with Crippen LogP contribution in [0.15, 0.2) is 36.4 Å². The fraction of sp³-hybridized carbons (Fsp3) is 0.235. The van der Waals surface area contributed by atoms with Gasteiger partial charge in [0.2, 0.25) is 0 Å². The Balaban J connectivity index is 1.78. The lowest BCUT2D eigenvalue weighted by Gasteiger charge is -2.27. The van der Waals surface area contributed by atoms with Crippen LogP contribution in [0.1, 0.15) is 10.9 Å². The van der Waals surface area contributed by atoms with Crippen molar-refractivity contribution in [1.29, 1.82) is 0 Å². The number of thiocarbonyl (C=S) groups is 1. The molecule has 0 amide bonds. The summed E-state index contributed by atoms with van der Waals surface area (Å²) < 4.78 is 5.17. The van der Waals surface area contributed by atoms with E-state index in [4.69, 9.17) is 51.8 Å². The van der Waals surface area contributed by atoms with Gasteiger partial charge in [-0.1, -0.05) is 40.9 Å². The molecular formula is C17H15Cl3N2OS2. The number of benzene rings is 2. The third kappa shape index (κ3) is 4.29. The van der Waals surface area contributed by atoms with Crippen LogP contribution in [0.5, 0.6) is 5.75 Å². The highest BCUT2D eigenvalue weighted by atomic mass is 35.5. The molecule has 3 nitrogen and oxygen atoms in total. The Morgan fingerprint density at radius 1 is 1.20 bits per heavy atom. The summed E-state index contributed by atoms with van der Waals surface area (Å²) in [6, 6.07) is 11.0. The van der Waals surface area contributed by atoms with Crippen molar-refractivity contribution in [2.24, 2.45) is 0 Å². The Bertz CT molecular complexity index is 803. The molecule has 0 spiro atoms. The molecule has 2 aromatic carbocycles. The Morgan fingerprint density at radius 2 is 2.00 bits per heavy atom. The monoisotopic (exact) mass is 432 g/mol. The number of rotatable bonds is 3. The fourth-order valence-electron chi connectivity index (χ4n) is 2.58. The van der Waals surface area contributed by atoms with Gasteiger partial charge in [-0.2, -0.15) is 0 Å². The highest BCUT2D eigenvalue weighted by Gasteiger charge is 2.30. The second kappa shape index (κ2) is 8.23. The third-order valence-electron chi connectivity index (χ3n) is 3.78. The standard InChI is InChI=1S/C17H15Cl3N2OS2/c1-23-15-5-3-11(9-14(15)20)21-17(24)22-6-7-25-16(22)12-4-2-10(18)8-13(12)19/h2-5,8-9,16H,6-7H2,1H3,(H,21,24)/t16-/m1/s1. The van der Waals surface area contributed by atoms with E-state index in [1.54, 1.807) is 37.1 Å². The summed E-state index contributed by atoms with van der Waals surface area (Å²) in [6.45, 7) is 0.837.